The van der Waals surface area contributed by atoms with Gasteiger partial charge in [0.25, 0.3) is 0 Å². The van der Waals surface area contributed by atoms with Crippen LogP contribution in [0.1, 0.15) is 12.5 Å². The molecule has 0 amide bonds. The number of benzene rings is 7. The highest BCUT2D eigenvalue weighted by molar-refractivity contribution is 6.10. The summed E-state index contributed by atoms with van der Waals surface area (Å²) in [5.74, 6) is 0.882. The summed E-state index contributed by atoms with van der Waals surface area (Å²) in [6.45, 7) is 6.79. The highest BCUT2D eigenvalue weighted by Crippen LogP contribution is 2.36. The van der Waals surface area contributed by atoms with Crippen LogP contribution in [0, 0.1) is 0 Å². The van der Waals surface area contributed by atoms with Crippen LogP contribution in [0.2, 0.25) is 0 Å². The Morgan fingerprint density at radius 2 is 1.02 bits per heavy atom. The quantitative estimate of drug-likeness (QED) is 0.160. The molecule has 10 aromatic rings. The summed E-state index contributed by atoms with van der Waals surface area (Å²) in [6.07, 6.45) is 4.46. The minimum atomic E-state index is 0.882. The summed E-state index contributed by atoms with van der Waals surface area (Å²) >= 11 is 0. The highest BCUT2D eigenvalue weighted by Gasteiger charge is 2.17. The van der Waals surface area contributed by atoms with Gasteiger partial charge in [-0.25, -0.2) is 4.98 Å². The van der Waals surface area contributed by atoms with Crippen LogP contribution in [-0.4, -0.2) is 14.1 Å². The molecule has 270 valence electrons. The fourth-order valence-electron chi connectivity index (χ4n) is 8.29. The van der Waals surface area contributed by atoms with Gasteiger partial charge < -0.3 is 4.57 Å². The lowest BCUT2D eigenvalue weighted by molar-refractivity contribution is 1.07. The van der Waals surface area contributed by atoms with Crippen LogP contribution in [-0.2, 0) is 0 Å². The van der Waals surface area contributed by atoms with Crippen molar-refractivity contribution in [1.29, 1.82) is 0 Å². The zero-order chi connectivity index (χ0) is 38.3. The molecule has 57 heavy (non-hydrogen) atoms. The molecule has 0 spiro atoms. The van der Waals surface area contributed by atoms with Crippen LogP contribution in [0.5, 0.6) is 0 Å². The molecular formula is C54H39N3. The zero-order valence-corrected chi connectivity index (χ0v) is 31.7. The van der Waals surface area contributed by atoms with E-state index in [4.69, 9.17) is 4.98 Å². The van der Waals surface area contributed by atoms with Gasteiger partial charge in [-0.1, -0.05) is 158 Å². The van der Waals surface area contributed by atoms with Crippen molar-refractivity contribution < 1.29 is 0 Å². The lowest BCUT2D eigenvalue weighted by Crippen LogP contribution is -2.28. The van der Waals surface area contributed by atoms with Crippen molar-refractivity contribution in [2.24, 2.45) is 0 Å². The van der Waals surface area contributed by atoms with Crippen LogP contribution in [0.25, 0.3) is 95.5 Å². The summed E-state index contributed by atoms with van der Waals surface area (Å²) in [7, 11) is 0. The van der Waals surface area contributed by atoms with Gasteiger partial charge in [0.05, 0.1) is 22.2 Å². The van der Waals surface area contributed by atoms with Crippen molar-refractivity contribution in [2.75, 3.05) is 0 Å². The Hall–Kier alpha value is -7.49. The van der Waals surface area contributed by atoms with Crippen LogP contribution in [0.3, 0.4) is 0 Å². The highest BCUT2D eigenvalue weighted by atomic mass is 15.1. The number of fused-ring (bicyclic) bond motifs is 4. The second-order valence-electron chi connectivity index (χ2n) is 14.4. The summed E-state index contributed by atoms with van der Waals surface area (Å²) in [6, 6.07) is 68.8. The van der Waals surface area contributed by atoms with E-state index in [1.165, 1.54) is 21.9 Å². The van der Waals surface area contributed by atoms with E-state index < -0.39 is 0 Å². The Bertz CT molecular complexity index is 3170. The van der Waals surface area contributed by atoms with E-state index in [1.807, 2.05) is 6.07 Å². The molecule has 0 unspecified atom stereocenters. The molecule has 0 aliphatic heterocycles. The number of hydrogen-bond donors (Lipinski definition) is 0. The van der Waals surface area contributed by atoms with E-state index in [1.54, 1.807) is 0 Å². The average molecular weight is 730 g/mol. The first-order chi connectivity index (χ1) is 28.1. The fraction of sp³-hybridized carbons (Fsp3) is 0.0185. The lowest BCUT2D eigenvalue weighted by atomic mass is 10.0. The monoisotopic (exact) mass is 729 g/mol. The van der Waals surface area contributed by atoms with Gasteiger partial charge in [-0.2, -0.15) is 0 Å². The molecule has 10 rings (SSSR count). The molecule has 0 bridgehead atoms. The summed E-state index contributed by atoms with van der Waals surface area (Å²) in [4.78, 5) is 5.31. The van der Waals surface area contributed by atoms with Gasteiger partial charge in [0, 0.05) is 38.0 Å². The molecule has 0 aliphatic carbocycles. The first-order valence-electron chi connectivity index (χ1n) is 19.4. The number of allylic oxidation sites excluding steroid dienone is 1. The van der Waals surface area contributed by atoms with Crippen molar-refractivity contribution in [3.63, 3.8) is 0 Å². The van der Waals surface area contributed by atoms with Crippen LogP contribution < -0.4 is 10.6 Å². The largest absolute Gasteiger partial charge is 0.310 e. The van der Waals surface area contributed by atoms with Gasteiger partial charge >= 0.3 is 0 Å². The van der Waals surface area contributed by atoms with Crippen molar-refractivity contribution in [2.45, 2.75) is 6.92 Å². The molecule has 0 saturated carbocycles. The molecule has 0 atom stereocenters. The second-order valence-corrected chi connectivity index (χ2v) is 14.4. The maximum atomic E-state index is 5.31. The lowest BCUT2D eigenvalue weighted by Gasteiger charge is -2.13. The number of aromatic nitrogens is 3. The fourth-order valence-corrected chi connectivity index (χ4v) is 8.29. The third-order valence-electron chi connectivity index (χ3n) is 11.0. The van der Waals surface area contributed by atoms with Crippen molar-refractivity contribution in [3.8, 4) is 45.0 Å². The Kier molecular flexibility index (Phi) is 8.54. The van der Waals surface area contributed by atoms with Crippen LogP contribution in [0.15, 0.2) is 201 Å². The number of nitrogens with zero attached hydrogens (tertiary/aromatic N) is 3. The van der Waals surface area contributed by atoms with Gasteiger partial charge in [-0.15, -0.1) is 0 Å². The molecular weight excluding hydrogens is 691 g/mol. The number of pyridine rings is 1. The van der Waals surface area contributed by atoms with E-state index in [2.05, 4.69) is 223 Å². The minimum absolute atomic E-state index is 0.882. The van der Waals surface area contributed by atoms with Gasteiger partial charge in [-0.05, 0) is 94.9 Å². The molecule has 0 aliphatic rings. The minimum Gasteiger partial charge on any atom is -0.310 e. The van der Waals surface area contributed by atoms with Gasteiger partial charge in [-0.3, -0.25) is 4.57 Å². The predicted octanol–water partition coefficient (Wildman–Crippen LogP) is 12.4. The summed E-state index contributed by atoms with van der Waals surface area (Å²) in [5.41, 5.74) is 13.2. The van der Waals surface area contributed by atoms with Crippen LogP contribution in [0.4, 0.5) is 0 Å². The van der Waals surface area contributed by atoms with Gasteiger partial charge in [0.2, 0.25) is 0 Å². The molecule has 3 heterocycles. The number of hydrogen-bond acceptors (Lipinski definition) is 1. The van der Waals surface area contributed by atoms with E-state index in [0.717, 1.165) is 77.5 Å². The predicted molar refractivity (Wildman–Crippen MR) is 241 cm³/mol. The van der Waals surface area contributed by atoms with E-state index >= 15 is 0 Å². The first kappa shape index (κ1) is 34.0. The molecule has 3 aromatic heterocycles. The molecule has 0 N–H and O–H groups in total. The van der Waals surface area contributed by atoms with Crippen molar-refractivity contribution >= 4 is 50.4 Å². The summed E-state index contributed by atoms with van der Waals surface area (Å²) in [5, 5.41) is 5.82. The molecule has 0 radical (unpaired) electrons. The Labute approximate surface area is 332 Å². The normalized spacial score (nSPS) is 12.2. The molecule has 7 aromatic carbocycles. The molecule has 0 saturated heterocycles. The van der Waals surface area contributed by atoms with E-state index in [9.17, 15) is 0 Å². The SMILES string of the molecule is C=C(/C=c1\c(=C/C)n(-c2ccc(-c3ccccc3)cc2)c2ccccc12)c1ccc2c(c1)c1ccccc1n2-c1cc(-c2ccccc2)cc(-c2ccccc2)n1. The number of rotatable bonds is 7. The molecule has 0 fully saturated rings. The van der Waals surface area contributed by atoms with E-state index in [0.29, 0.717) is 0 Å². The van der Waals surface area contributed by atoms with E-state index in [-0.39, 0.29) is 0 Å². The third-order valence-corrected chi connectivity index (χ3v) is 11.0. The molecule has 3 nitrogen and oxygen atoms in total. The Balaban J connectivity index is 1.11. The van der Waals surface area contributed by atoms with Crippen molar-refractivity contribution in [1.82, 2.24) is 14.1 Å². The maximum Gasteiger partial charge on any atom is 0.138 e. The summed E-state index contributed by atoms with van der Waals surface area (Å²) < 4.78 is 4.67. The topological polar surface area (TPSA) is 22.8 Å². The second kappa shape index (κ2) is 14.3. The molecule has 3 heteroatoms. The smallest absolute Gasteiger partial charge is 0.138 e. The average Bonchev–Trinajstić information content (AvgIpc) is 3.79. The zero-order valence-electron chi connectivity index (χ0n) is 31.7. The standard InChI is InChI=1S/C54H39N3/c1-3-50-47(45-23-13-15-25-51(45)56(50)44-30-27-40(28-31-44)38-17-7-4-8-18-38)33-37(2)42-29-32-53-48(34-42)46-24-14-16-26-52(46)57(53)54-36-43(39-19-9-5-10-20-39)35-49(55-54)41-21-11-6-12-22-41/h3-36H,2H2,1H3/b47-33-,50-3+. The first-order valence-corrected chi connectivity index (χ1v) is 19.4. The van der Waals surface area contributed by atoms with Gasteiger partial charge in [0.15, 0.2) is 0 Å². The third kappa shape index (κ3) is 6.07. The maximum absolute atomic E-state index is 5.31. The Morgan fingerprint density at radius 1 is 0.474 bits per heavy atom. The van der Waals surface area contributed by atoms with Gasteiger partial charge in [0.1, 0.15) is 5.82 Å². The van der Waals surface area contributed by atoms with Crippen LogP contribution >= 0.6 is 0 Å². The Morgan fingerprint density at radius 3 is 1.68 bits per heavy atom. The van der Waals surface area contributed by atoms with Crippen molar-refractivity contribution in [3.05, 3.63) is 217 Å². The number of para-hydroxylation sites is 2.